The number of amides is 1. The van der Waals surface area contributed by atoms with Crippen molar-refractivity contribution < 1.29 is 19.1 Å². The lowest BCUT2D eigenvalue weighted by Crippen LogP contribution is -2.36. The molecule has 0 atom stereocenters. The first-order chi connectivity index (χ1) is 17.2. The molecular weight excluding hydrogens is 462 g/mol. The summed E-state index contributed by atoms with van der Waals surface area (Å²) in [6.07, 6.45) is 8.59. The number of aromatic nitrogens is 4. The van der Waals surface area contributed by atoms with Crippen LogP contribution in [0.15, 0.2) is 30.7 Å². The molecule has 0 radical (unpaired) electrons. The van der Waals surface area contributed by atoms with Gasteiger partial charge in [0.05, 0.1) is 18.4 Å². The normalized spacial score (nSPS) is 13.5. The highest BCUT2D eigenvalue weighted by molar-refractivity contribution is 6.05. The van der Waals surface area contributed by atoms with Crippen LogP contribution in [0.2, 0.25) is 0 Å². The van der Waals surface area contributed by atoms with Crippen LogP contribution in [0.3, 0.4) is 0 Å². The lowest BCUT2D eigenvalue weighted by molar-refractivity contribution is -0.138. The third-order valence-corrected chi connectivity index (χ3v) is 5.41. The van der Waals surface area contributed by atoms with Crippen LogP contribution in [0.4, 0.5) is 5.82 Å². The van der Waals surface area contributed by atoms with Crippen LogP contribution < -0.4 is 21.5 Å². The second-order valence-electron chi connectivity index (χ2n) is 9.07. The van der Waals surface area contributed by atoms with Gasteiger partial charge in [-0.25, -0.2) is 14.5 Å². The first kappa shape index (κ1) is 28.5. The van der Waals surface area contributed by atoms with Crippen LogP contribution in [0.5, 0.6) is 5.88 Å². The SMILES string of the molecule is CC(C)(C)OC=O.CN.COc1cc(-c2cc(C(=O)NC3CCCCC3)c3c(N)ncnn23)ccn1. The zero-order valence-corrected chi connectivity index (χ0v) is 21.7. The molecule has 3 aromatic rings. The number of anilines is 1. The quantitative estimate of drug-likeness (QED) is 0.448. The minimum atomic E-state index is -0.318. The first-order valence-electron chi connectivity index (χ1n) is 11.9. The number of carbonyl (C=O) groups excluding carboxylic acids is 2. The number of hydrogen-bond acceptors (Lipinski definition) is 9. The summed E-state index contributed by atoms with van der Waals surface area (Å²) in [7, 11) is 3.06. The highest BCUT2D eigenvalue weighted by Crippen LogP contribution is 2.29. The minimum absolute atomic E-state index is 0.145. The number of pyridine rings is 1. The van der Waals surface area contributed by atoms with Crippen molar-refractivity contribution in [3.8, 4) is 17.1 Å². The molecule has 0 unspecified atom stereocenters. The van der Waals surface area contributed by atoms with E-state index in [1.807, 2.05) is 26.8 Å². The lowest BCUT2D eigenvalue weighted by Gasteiger charge is -2.22. The van der Waals surface area contributed by atoms with Crippen molar-refractivity contribution in [2.24, 2.45) is 5.73 Å². The predicted molar refractivity (Wildman–Crippen MR) is 139 cm³/mol. The van der Waals surface area contributed by atoms with Gasteiger partial charge in [0.15, 0.2) is 5.82 Å². The number of nitrogens with zero attached hydrogens (tertiary/aromatic N) is 4. The summed E-state index contributed by atoms with van der Waals surface area (Å²) in [5.74, 6) is 0.608. The van der Waals surface area contributed by atoms with E-state index in [2.05, 4.69) is 30.9 Å². The number of ether oxygens (including phenoxy) is 2. The molecular formula is C25H37N7O4. The average molecular weight is 500 g/mol. The zero-order chi connectivity index (χ0) is 26.7. The Morgan fingerprint density at radius 2 is 1.86 bits per heavy atom. The largest absolute Gasteiger partial charge is 0.481 e. The van der Waals surface area contributed by atoms with E-state index in [0.717, 1.165) is 36.9 Å². The van der Waals surface area contributed by atoms with Gasteiger partial charge in [0.2, 0.25) is 5.88 Å². The van der Waals surface area contributed by atoms with Gasteiger partial charge >= 0.3 is 0 Å². The molecule has 1 saturated carbocycles. The summed E-state index contributed by atoms with van der Waals surface area (Å²) in [5.41, 5.74) is 12.8. The van der Waals surface area contributed by atoms with Crippen LogP contribution in [-0.2, 0) is 9.53 Å². The van der Waals surface area contributed by atoms with Gasteiger partial charge in [-0.15, -0.1) is 0 Å². The van der Waals surface area contributed by atoms with Crippen molar-refractivity contribution >= 4 is 23.7 Å². The fraction of sp³-hybridized carbons (Fsp3) is 0.480. The Morgan fingerprint density at radius 1 is 1.17 bits per heavy atom. The molecule has 11 heteroatoms. The summed E-state index contributed by atoms with van der Waals surface area (Å²) >= 11 is 0. The maximum absolute atomic E-state index is 13.0. The number of nitrogens with two attached hydrogens (primary N) is 2. The molecule has 1 aliphatic rings. The lowest BCUT2D eigenvalue weighted by atomic mass is 9.95. The predicted octanol–water partition coefficient (Wildman–Crippen LogP) is 2.98. The third-order valence-electron chi connectivity index (χ3n) is 5.41. The molecule has 0 aromatic carbocycles. The molecule has 36 heavy (non-hydrogen) atoms. The van der Waals surface area contributed by atoms with Crippen LogP contribution in [0.1, 0.15) is 63.2 Å². The van der Waals surface area contributed by atoms with Gasteiger partial charge in [-0.05, 0) is 52.8 Å². The standard InChI is InChI=1S/C19H22N6O2.C5H10O2.CH5N/c1-27-16-9-12(7-8-21-16)15-10-14(17-18(20)22-11-23-25(15)17)19(26)24-13-5-3-2-4-6-13;1-5(2,3)7-4-6;1-2/h7-11,13H,2-6H2,1H3,(H,24,26)(H2,20,22,23);4H,1-3H3;2H2,1H3. The first-order valence-corrected chi connectivity index (χ1v) is 11.9. The van der Waals surface area contributed by atoms with Gasteiger partial charge in [-0.2, -0.15) is 5.10 Å². The van der Waals surface area contributed by atoms with Crippen molar-refractivity contribution in [1.82, 2.24) is 24.9 Å². The Balaban J connectivity index is 0.000000440. The van der Waals surface area contributed by atoms with Crippen molar-refractivity contribution in [3.63, 3.8) is 0 Å². The molecule has 0 bridgehead atoms. The topological polar surface area (TPSA) is 160 Å². The molecule has 11 nitrogen and oxygen atoms in total. The monoisotopic (exact) mass is 499 g/mol. The smallest absolute Gasteiger partial charge is 0.293 e. The highest BCUT2D eigenvalue weighted by atomic mass is 16.5. The van der Waals surface area contributed by atoms with E-state index < -0.39 is 0 Å². The molecule has 0 aliphatic heterocycles. The van der Waals surface area contributed by atoms with Crippen molar-refractivity contribution in [1.29, 1.82) is 0 Å². The number of nitrogen functional groups attached to an aromatic ring is 1. The molecule has 0 spiro atoms. The molecule has 3 heterocycles. The van der Waals surface area contributed by atoms with E-state index in [-0.39, 0.29) is 23.4 Å². The number of nitrogens with one attached hydrogen (secondary N) is 1. The molecule has 1 aliphatic carbocycles. The average Bonchev–Trinajstić information content (AvgIpc) is 3.27. The molecule has 3 aromatic heterocycles. The van der Waals surface area contributed by atoms with Crippen LogP contribution >= 0.6 is 0 Å². The van der Waals surface area contributed by atoms with Crippen LogP contribution in [0.25, 0.3) is 16.8 Å². The molecule has 196 valence electrons. The van der Waals surface area contributed by atoms with E-state index in [4.69, 9.17) is 10.5 Å². The van der Waals surface area contributed by atoms with Crippen molar-refractivity contribution in [2.75, 3.05) is 19.9 Å². The van der Waals surface area contributed by atoms with E-state index in [0.29, 0.717) is 23.4 Å². The number of rotatable bonds is 5. The van der Waals surface area contributed by atoms with Crippen LogP contribution in [0, 0.1) is 0 Å². The second-order valence-corrected chi connectivity index (χ2v) is 9.07. The van der Waals surface area contributed by atoms with Crippen molar-refractivity contribution in [3.05, 3.63) is 36.3 Å². The van der Waals surface area contributed by atoms with Gasteiger partial charge < -0.3 is 26.3 Å². The van der Waals surface area contributed by atoms with E-state index in [9.17, 15) is 9.59 Å². The number of carbonyl (C=O) groups is 2. The van der Waals surface area contributed by atoms with Gasteiger partial charge in [0.25, 0.3) is 12.4 Å². The van der Waals surface area contributed by atoms with Gasteiger partial charge in [-0.3, -0.25) is 9.59 Å². The molecule has 1 fully saturated rings. The third kappa shape index (κ3) is 7.64. The maximum atomic E-state index is 13.0. The minimum Gasteiger partial charge on any atom is -0.481 e. The molecule has 5 N–H and O–H groups in total. The second kappa shape index (κ2) is 13.4. The number of fused-ring (bicyclic) bond motifs is 1. The molecule has 0 saturated heterocycles. The van der Waals surface area contributed by atoms with Gasteiger partial charge in [0, 0.05) is 23.9 Å². The Kier molecular flexibility index (Phi) is 10.6. The zero-order valence-electron chi connectivity index (χ0n) is 21.7. The summed E-state index contributed by atoms with van der Waals surface area (Å²) in [4.78, 5) is 30.8. The number of methoxy groups -OCH3 is 1. The van der Waals surface area contributed by atoms with Gasteiger partial charge in [-0.1, -0.05) is 19.3 Å². The van der Waals surface area contributed by atoms with E-state index >= 15 is 0 Å². The Morgan fingerprint density at radius 3 is 2.44 bits per heavy atom. The number of hydrogen-bond donors (Lipinski definition) is 3. The Hall–Kier alpha value is -3.73. The van der Waals surface area contributed by atoms with Crippen molar-refractivity contribution in [2.45, 2.75) is 64.5 Å². The fourth-order valence-corrected chi connectivity index (χ4v) is 3.78. The highest BCUT2D eigenvalue weighted by Gasteiger charge is 2.23. The Bertz CT molecular complexity index is 1140. The van der Waals surface area contributed by atoms with Crippen LogP contribution in [-0.4, -0.2) is 57.8 Å². The van der Waals surface area contributed by atoms with E-state index in [1.54, 1.807) is 30.0 Å². The summed E-state index contributed by atoms with van der Waals surface area (Å²) in [6.45, 7) is 5.92. The summed E-state index contributed by atoms with van der Waals surface area (Å²) in [5, 5.41) is 7.45. The molecule has 1 amide bonds. The van der Waals surface area contributed by atoms with E-state index in [1.165, 1.54) is 19.8 Å². The fourth-order valence-electron chi connectivity index (χ4n) is 3.78. The summed E-state index contributed by atoms with van der Waals surface area (Å²) in [6, 6.07) is 5.64. The molecule has 4 rings (SSSR count). The maximum Gasteiger partial charge on any atom is 0.293 e. The Labute approximate surface area is 211 Å². The summed E-state index contributed by atoms with van der Waals surface area (Å²) < 4.78 is 11.4. The van der Waals surface area contributed by atoms with Gasteiger partial charge in [0.1, 0.15) is 17.4 Å².